The number of nitrogens with zero attached hydrogens (tertiary/aromatic N) is 2. The molecule has 0 bridgehead atoms. The molecule has 3 heterocycles. The molecule has 2 aromatic rings. The molecule has 1 aliphatic rings. The fraction of sp³-hybridized carbons (Fsp3) is 0.385. The fourth-order valence-electron chi connectivity index (χ4n) is 2.38. The molecule has 0 radical (unpaired) electrons. The average molecular weight is 366 g/mol. The predicted molar refractivity (Wildman–Crippen MR) is 93.0 cm³/mol. The van der Waals surface area contributed by atoms with Crippen LogP contribution in [-0.2, 0) is 0 Å². The van der Waals surface area contributed by atoms with Gasteiger partial charge in [-0.1, -0.05) is 6.07 Å². The Balaban J connectivity index is 0.00000110. The largest absolute Gasteiger partial charge is 0.333 e. The summed E-state index contributed by atoms with van der Waals surface area (Å²) in [5.41, 5.74) is 6.26. The third kappa shape index (κ3) is 3.76. The summed E-state index contributed by atoms with van der Waals surface area (Å²) in [4.78, 5) is 19.9. The minimum Gasteiger partial charge on any atom is -0.333 e. The van der Waals surface area contributed by atoms with E-state index >= 15 is 0 Å². The molecule has 1 aliphatic heterocycles. The van der Waals surface area contributed by atoms with Gasteiger partial charge < -0.3 is 10.6 Å². The number of halogens is 2. The number of nitrogens with two attached hydrogens (primary N) is 1. The molecule has 0 saturated carbocycles. The molecule has 0 spiro atoms. The van der Waals surface area contributed by atoms with E-state index in [1.807, 2.05) is 27.8 Å². The van der Waals surface area contributed by atoms with Gasteiger partial charge in [-0.05, 0) is 24.3 Å². The van der Waals surface area contributed by atoms with E-state index in [4.69, 9.17) is 5.73 Å². The van der Waals surface area contributed by atoms with Gasteiger partial charge >= 0.3 is 0 Å². The monoisotopic (exact) mass is 365 g/mol. The van der Waals surface area contributed by atoms with Crippen LogP contribution in [-0.4, -0.2) is 34.9 Å². The molecule has 21 heavy (non-hydrogen) atoms. The molecular formula is C13H17Cl2N3OS2. The van der Waals surface area contributed by atoms with Crippen molar-refractivity contribution >= 4 is 53.4 Å². The summed E-state index contributed by atoms with van der Waals surface area (Å²) >= 11 is 3.17. The Morgan fingerprint density at radius 1 is 1.43 bits per heavy atom. The van der Waals surface area contributed by atoms with Crippen molar-refractivity contribution in [1.29, 1.82) is 0 Å². The van der Waals surface area contributed by atoms with Crippen LogP contribution in [0.5, 0.6) is 0 Å². The molecule has 1 unspecified atom stereocenters. The minimum absolute atomic E-state index is 0. The Morgan fingerprint density at radius 2 is 2.24 bits per heavy atom. The van der Waals surface area contributed by atoms with Crippen molar-refractivity contribution < 1.29 is 4.79 Å². The highest BCUT2D eigenvalue weighted by Gasteiger charge is 2.29. The lowest BCUT2D eigenvalue weighted by atomic mass is 10.2. The SMILES string of the molecule is Cl.Cl.NCC1CCCN1C(=O)c1csc(-c2cccs2)n1. The molecule has 1 atom stereocenters. The molecule has 116 valence electrons. The van der Waals surface area contributed by atoms with Crippen LogP contribution >= 0.6 is 47.5 Å². The van der Waals surface area contributed by atoms with Crippen LogP contribution in [0.25, 0.3) is 9.88 Å². The zero-order valence-electron chi connectivity index (χ0n) is 11.2. The van der Waals surface area contributed by atoms with Crippen LogP contribution in [0.15, 0.2) is 22.9 Å². The number of carbonyl (C=O) groups is 1. The number of amides is 1. The predicted octanol–water partition coefficient (Wildman–Crippen LogP) is 3.28. The van der Waals surface area contributed by atoms with E-state index < -0.39 is 0 Å². The van der Waals surface area contributed by atoms with Crippen molar-refractivity contribution in [1.82, 2.24) is 9.88 Å². The van der Waals surface area contributed by atoms with Gasteiger partial charge in [0, 0.05) is 24.5 Å². The lowest BCUT2D eigenvalue weighted by molar-refractivity contribution is 0.0736. The van der Waals surface area contributed by atoms with Gasteiger partial charge in [-0.15, -0.1) is 47.5 Å². The van der Waals surface area contributed by atoms with Gasteiger partial charge in [0.1, 0.15) is 10.7 Å². The summed E-state index contributed by atoms with van der Waals surface area (Å²) in [6.07, 6.45) is 2.04. The van der Waals surface area contributed by atoms with Crippen molar-refractivity contribution in [3.63, 3.8) is 0 Å². The number of rotatable bonds is 3. The standard InChI is InChI=1S/C13H15N3OS2.2ClH/c14-7-9-3-1-5-16(9)13(17)10-8-19-12(15-10)11-4-2-6-18-11;;/h2,4,6,8-9H,1,3,5,7,14H2;2*1H. The number of hydrogen-bond acceptors (Lipinski definition) is 5. The molecule has 2 N–H and O–H groups in total. The average Bonchev–Trinajstić information content (AvgIpc) is 3.16. The van der Waals surface area contributed by atoms with Crippen molar-refractivity contribution in [2.45, 2.75) is 18.9 Å². The normalized spacial score (nSPS) is 17.2. The minimum atomic E-state index is 0. The van der Waals surface area contributed by atoms with Gasteiger partial charge in [0.25, 0.3) is 5.91 Å². The first-order valence-electron chi connectivity index (χ1n) is 6.30. The van der Waals surface area contributed by atoms with E-state index in [9.17, 15) is 4.79 Å². The Hall–Kier alpha value is -0.660. The Kier molecular flexibility index (Phi) is 7.09. The number of thiophene rings is 1. The summed E-state index contributed by atoms with van der Waals surface area (Å²) in [7, 11) is 0. The van der Waals surface area contributed by atoms with Crippen molar-refractivity contribution in [2.75, 3.05) is 13.1 Å². The Morgan fingerprint density at radius 3 is 2.90 bits per heavy atom. The van der Waals surface area contributed by atoms with E-state index in [-0.39, 0.29) is 36.8 Å². The summed E-state index contributed by atoms with van der Waals surface area (Å²) < 4.78 is 0. The second-order valence-electron chi connectivity index (χ2n) is 4.55. The second-order valence-corrected chi connectivity index (χ2v) is 6.35. The smallest absolute Gasteiger partial charge is 0.273 e. The number of thiazole rings is 1. The molecule has 1 amide bonds. The second kappa shape index (κ2) is 8.10. The van der Waals surface area contributed by atoms with Crippen molar-refractivity contribution in [3.8, 4) is 9.88 Å². The fourth-order valence-corrected chi connectivity index (χ4v) is 3.99. The first kappa shape index (κ1) is 18.4. The lowest BCUT2D eigenvalue weighted by Gasteiger charge is -2.22. The van der Waals surface area contributed by atoms with E-state index in [1.165, 1.54) is 11.3 Å². The quantitative estimate of drug-likeness (QED) is 0.907. The van der Waals surface area contributed by atoms with Crippen LogP contribution in [0, 0.1) is 0 Å². The van der Waals surface area contributed by atoms with Gasteiger partial charge in [-0.2, -0.15) is 0 Å². The van der Waals surface area contributed by atoms with Crippen molar-refractivity contribution in [2.24, 2.45) is 5.73 Å². The van der Waals surface area contributed by atoms with Gasteiger partial charge in [0.2, 0.25) is 0 Å². The van der Waals surface area contributed by atoms with Crippen LogP contribution in [0.4, 0.5) is 0 Å². The number of aromatic nitrogens is 1. The number of hydrogen-bond donors (Lipinski definition) is 1. The molecule has 8 heteroatoms. The Labute approximate surface area is 144 Å². The third-order valence-electron chi connectivity index (χ3n) is 3.37. The number of carbonyl (C=O) groups excluding carboxylic acids is 1. The molecule has 1 fully saturated rings. The molecule has 2 aromatic heterocycles. The molecule has 4 nitrogen and oxygen atoms in total. The first-order valence-corrected chi connectivity index (χ1v) is 8.06. The number of likely N-dealkylation sites (tertiary alicyclic amines) is 1. The highest BCUT2D eigenvalue weighted by Crippen LogP contribution is 2.29. The van der Waals surface area contributed by atoms with E-state index in [0.29, 0.717) is 12.2 Å². The highest BCUT2D eigenvalue weighted by atomic mass is 35.5. The van der Waals surface area contributed by atoms with Crippen LogP contribution < -0.4 is 5.73 Å². The highest BCUT2D eigenvalue weighted by molar-refractivity contribution is 7.20. The van der Waals surface area contributed by atoms with Crippen LogP contribution in [0.1, 0.15) is 23.3 Å². The van der Waals surface area contributed by atoms with E-state index in [2.05, 4.69) is 4.98 Å². The summed E-state index contributed by atoms with van der Waals surface area (Å²) in [5.74, 6) is 0.0204. The lowest BCUT2D eigenvalue weighted by Crippen LogP contribution is -2.40. The van der Waals surface area contributed by atoms with Crippen LogP contribution in [0.3, 0.4) is 0 Å². The topological polar surface area (TPSA) is 59.2 Å². The summed E-state index contributed by atoms with van der Waals surface area (Å²) in [6, 6.07) is 4.20. The molecule has 0 aliphatic carbocycles. The maximum Gasteiger partial charge on any atom is 0.273 e. The first-order chi connectivity index (χ1) is 9.29. The van der Waals surface area contributed by atoms with Gasteiger partial charge in [0.05, 0.1) is 4.88 Å². The maximum atomic E-state index is 12.4. The zero-order valence-corrected chi connectivity index (χ0v) is 14.5. The molecular weight excluding hydrogens is 349 g/mol. The zero-order chi connectivity index (χ0) is 13.2. The van der Waals surface area contributed by atoms with E-state index in [0.717, 1.165) is 29.3 Å². The van der Waals surface area contributed by atoms with Gasteiger partial charge in [0.15, 0.2) is 0 Å². The summed E-state index contributed by atoms with van der Waals surface area (Å²) in [6.45, 7) is 1.33. The third-order valence-corrected chi connectivity index (χ3v) is 5.25. The Bertz CT molecular complexity index is 574. The molecule has 0 aromatic carbocycles. The van der Waals surface area contributed by atoms with Crippen molar-refractivity contribution in [3.05, 3.63) is 28.6 Å². The maximum absolute atomic E-state index is 12.4. The molecule has 1 saturated heterocycles. The van der Waals surface area contributed by atoms with Gasteiger partial charge in [-0.3, -0.25) is 4.79 Å². The summed E-state index contributed by atoms with van der Waals surface area (Å²) in [5, 5.41) is 4.79. The van der Waals surface area contributed by atoms with Gasteiger partial charge in [-0.25, -0.2) is 4.98 Å². The van der Waals surface area contributed by atoms with E-state index in [1.54, 1.807) is 11.3 Å². The van der Waals surface area contributed by atoms with Crippen LogP contribution in [0.2, 0.25) is 0 Å². The molecule has 3 rings (SSSR count).